The SMILES string of the molecule is CSNc1ccn(C(=O)N2CCC3(CCCN3Cc3cc(Cl)cc(N4CCCC4)c3)CC2)n1. The van der Waals surface area contributed by atoms with Crippen LogP contribution in [-0.4, -0.2) is 70.1 Å². The second-order valence-electron chi connectivity index (χ2n) is 9.48. The number of rotatable bonds is 5. The molecular weight excluding hydrogens is 456 g/mol. The predicted molar refractivity (Wildman–Crippen MR) is 136 cm³/mol. The summed E-state index contributed by atoms with van der Waals surface area (Å²) < 4.78 is 4.53. The zero-order valence-corrected chi connectivity index (χ0v) is 20.9. The molecule has 1 amide bonds. The van der Waals surface area contributed by atoms with Crippen molar-refractivity contribution in [3.05, 3.63) is 41.0 Å². The second kappa shape index (κ2) is 9.76. The fourth-order valence-electron chi connectivity index (χ4n) is 5.76. The number of likely N-dealkylation sites (tertiary alicyclic amines) is 2. The third kappa shape index (κ3) is 4.84. The van der Waals surface area contributed by atoms with Crippen molar-refractivity contribution < 1.29 is 4.79 Å². The smallest absolute Gasteiger partial charge is 0.344 e. The summed E-state index contributed by atoms with van der Waals surface area (Å²) in [6.07, 6.45) is 10.7. The van der Waals surface area contributed by atoms with Gasteiger partial charge in [-0.1, -0.05) is 23.5 Å². The summed E-state index contributed by atoms with van der Waals surface area (Å²) in [6, 6.07) is 8.37. The Kier molecular flexibility index (Phi) is 6.77. The van der Waals surface area contributed by atoms with Gasteiger partial charge in [-0.05, 0) is 68.8 Å². The molecule has 0 unspecified atom stereocenters. The molecule has 0 aliphatic carbocycles. The molecule has 3 aliphatic rings. The van der Waals surface area contributed by atoms with Crippen LogP contribution in [0.2, 0.25) is 5.02 Å². The number of nitrogens with zero attached hydrogens (tertiary/aromatic N) is 5. The first-order chi connectivity index (χ1) is 16.1. The highest BCUT2D eigenvalue weighted by atomic mass is 35.5. The van der Waals surface area contributed by atoms with Crippen molar-refractivity contribution in [3.8, 4) is 0 Å². The van der Waals surface area contributed by atoms with E-state index < -0.39 is 0 Å². The second-order valence-corrected chi connectivity index (χ2v) is 10.5. The number of carbonyl (C=O) groups is 1. The molecule has 7 nitrogen and oxygen atoms in total. The van der Waals surface area contributed by atoms with E-state index in [1.807, 2.05) is 17.2 Å². The zero-order valence-electron chi connectivity index (χ0n) is 19.3. The molecule has 0 atom stereocenters. The van der Waals surface area contributed by atoms with Crippen LogP contribution in [0.15, 0.2) is 30.5 Å². The zero-order chi connectivity index (χ0) is 22.8. The molecule has 3 fully saturated rings. The van der Waals surface area contributed by atoms with Crippen LogP contribution in [0, 0.1) is 0 Å². The van der Waals surface area contributed by atoms with Crippen molar-refractivity contribution in [2.75, 3.05) is 48.6 Å². The normalized spacial score (nSPS) is 20.7. The Morgan fingerprint density at radius 1 is 1.09 bits per heavy atom. The average Bonchev–Trinajstić information content (AvgIpc) is 3.57. The molecule has 9 heteroatoms. The number of carbonyl (C=O) groups excluding carboxylic acids is 1. The van der Waals surface area contributed by atoms with Gasteiger partial charge in [0.1, 0.15) is 0 Å². The third-order valence-electron chi connectivity index (χ3n) is 7.48. The highest BCUT2D eigenvalue weighted by Crippen LogP contribution is 2.40. The molecule has 2 aromatic rings. The Hall–Kier alpha value is -1.90. The van der Waals surface area contributed by atoms with Crippen molar-refractivity contribution in [2.24, 2.45) is 0 Å². The van der Waals surface area contributed by atoms with E-state index in [0.717, 1.165) is 57.1 Å². The van der Waals surface area contributed by atoms with Gasteiger partial charge in [0.25, 0.3) is 0 Å². The molecule has 4 heterocycles. The summed E-state index contributed by atoms with van der Waals surface area (Å²) in [7, 11) is 0. The number of amides is 1. The standard InChI is InChI=1S/C24H33ClN6OS/c1-33-27-22-5-12-31(26-22)23(32)29-13-7-24(8-14-29)6-4-11-30(24)18-19-15-20(25)17-21(16-19)28-9-2-3-10-28/h5,12,15-17H,2-4,6-11,13-14,18H2,1H3,(H,26,27). The van der Waals surface area contributed by atoms with Crippen molar-refractivity contribution >= 4 is 41.1 Å². The number of aromatic nitrogens is 2. The lowest BCUT2D eigenvalue weighted by atomic mass is 9.85. The van der Waals surface area contributed by atoms with Crippen molar-refractivity contribution in [1.82, 2.24) is 19.6 Å². The van der Waals surface area contributed by atoms with Crippen LogP contribution in [0.3, 0.4) is 0 Å². The summed E-state index contributed by atoms with van der Waals surface area (Å²) in [6.45, 7) is 5.84. The summed E-state index contributed by atoms with van der Waals surface area (Å²) in [5.74, 6) is 0.709. The Morgan fingerprint density at radius 3 is 2.64 bits per heavy atom. The van der Waals surface area contributed by atoms with Crippen molar-refractivity contribution in [1.29, 1.82) is 0 Å². The first-order valence-corrected chi connectivity index (χ1v) is 13.6. The van der Waals surface area contributed by atoms with Crippen LogP contribution in [0.25, 0.3) is 0 Å². The minimum Gasteiger partial charge on any atom is -0.371 e. The third-order valence-corrected chi connectivity index (χ3v) is 8.12. The largest absolute Gasteiger partial charge is 0.371 e. The molecular formula is C24H33ClN6OS. The Bertz CT molecular complexity index is 983. The minimum absolute atomic E-state index is 0.0337. The summed E-state index contributed by atoms with van der Waals surface area (Å²) in [5, 5.41) is 5.18. The molecule has 3 saturated heterocycles. The van der Waals surface area contributed by atoms with Gasteiger partial charge in [0.2, 0.25) is 0 Å². The highest BCUT2D eigenvalue weighted by molar-refractivity contribution is 7.99. The van der Waals surface area contributed by atoms with Crippen LogP contribution >= 0.6 is 23.5 Å². The molecule has 1 aromatic heterocycles. The summed E-state index contributed by atoms with van der Waals surface area (Å²) in [5.41, 5.74) is 2.75. The van der Waals surface area contributed by atoms with E-state index in [9.17, 15) is 4.79 Å². The Morgan fingerprint density at radius 2 is 1.88 bits per heavy atom. The number of nitrogens with one attached hydrogen (secondary N) is 1. The lowest BCUT2D eigenvalue weighted by molar-refractivity contribution is 0.0585. The minimum atomic E-state index is -0.0337. The number of anilines is 2. The highest BCUT2D eigenvalue weighted by Gasteiger charge is 2.43. The maximum Gasteiger partial charge on any atom is 0.344 e. The molecule has 178 valence electrons. The molecule has 1 aromatic carbocycles. The summed E-state index contributed by atoms with van der Waals surface area (Å²) >= 11 is 7.99. The first-order valence-electron chi connectivity index (χ1n) is 12.0. The van der Waals surface area contributed by atoms with Crippen molar-refractivity contribution in [2.45, 2.75) is 50.6 Å². The molecule has 0 bridgehead atoms. The molecule has 33 heavy (non-hydrogen) atoms. The van der Waals surface area contributed by atoms with Gasteiger partial charge in [-0.15, -0.1) is 5.10 Å². The lowest BCUT2D eigenvalue weighted by Crippen LogP contribution is -2.53. The van der Waals surface area contributed by atoms with E-state index in [1.165, 1.54) is 53.6 Å². The molecule has 1 N–H and O–H groups in total. The topological polar surface area (TPSA) is 56.6 Å². The summed E-state index contributed by atoms with van der Waals surface area (Å²) in [4.78, 5) is 20.0. The van der Waals surface area contributed by atoms with E-state index in [-0.39, 0.29) is 11.6 Å². The van der Waals surface area contributed by atoms with E-state index in [0.29, 0.717) is 5.82 Å². The molecule has 0 radical (unpaired) electrons. The quantitative estimate of drug-likeness (QED) is 0.602. The van der Waals surface area contributed by atoms with Gasteiger partial charge in [-0.3, -0.25) is 4.90 Å². The molecule has 5 rings (SSSR count). The number of benzene rings is 1. The van der Waals surface area contributed by atoms with Gasteiger partial charge in [0.05, 0.1) is 0 Å². The number of hydrogen-bond acceptors (Lipinski definition) is 6. The van der Waals surface area contributed by atoms with Crippen LogP contribution in [0.1, 0.15) is 44.1 Å². The molecule has 1 spiro atoms. The van der Waals surface area contributed by atoms with Gasteiger partial charge in [-0.25, -0.2) is 4.79 Å². The maximum atomic E-state index is 13.0. The number of piperidine rings is 1. The Balaban J connectivity index is 1.24. The molecule has 0 saturated carbocycles. The van der Waals surface area contributed by atoms with Gasteiger partial charge < -0.3 is 14.5 Å². The first kappa shape index (κ1) is 22.9. The molecule has 3 aliphatic heterocycles. The van der Waals surface area contributed by atoms with E-state index in [2.05, 4.69) is 37.8 Å². The van der Waals surface area contributed by atoms with Gasteiger partial charge >= 0.3 is 6.03 Å². The van der Waals surface area contributed by atoms with E-state index >= 15 is 0 Å². The van der Waals surface area contributed by atoms with Gasteiger partial charge in [-0.2, -0.15) is 4.68 Å². The average molecular weight is 489 g/mol. The number of halogens is 1. The van der Waals surface area contributed by atoms with Crippen LogP contribution in [0.5, 0.6) is 0 Å². The lowest BCUT2D eigenvalue weighted by Gasteiger charge is -2.45. The predicted octanol–water partition coefficient (Wildman–Crippen LogP) is 4.93. The van der Waals surface area contributed by atoms with Crippen LogP contribution in [0.4, 0.5) is 16.3 Å². The fraction of sp³-hybridized carbons (Fsp3) is 0.583. The Labute approximate surface area is 205 Å². The van der Waals surface area contributed by atoms with Gasteiger partial charge in [0.15, 0.2) is 5.82 Å². The maximum absolute atomic E-state index is 13.0. The van der Waals surface area contributed by atoms with E-state index in [1.54, 1.807) is 6.20 Å². The van der Waals surface area contributed by atoms with Crippen LogP contribution in [-0.2, 0) is 6.54 Å². The monoisotopic (exact) mass is 488 g/mol. The van der Waals surface area contributed by atoms with Gasteiger partial charge in [0, 0.05) is 67.5 Å². The van der Waals surface area contributed by atoms with E-state index in [4.69, 9.17) is 11.6 Å². The van der Waals surface area contributed by atoms with Crippen molar-refractivity contribution in [3.63, 3.8) is 0 Å². The van der Waals surface area contributed by atoms with Crippen LogP contribution < -0.4 is 9.62 Å². The fourth-order valence-corrected chi connectivity index (χ4v) is 6.33. The number of hydrogen-bond donors (Lipinski definition) is 1.